The highest BCUT2D eigenvalue weighted by Gasteiger charge is 2.07. The normalized spacial score (nSPS) is 10.4. The van der Waals surface area contributed by atoms with Crippen molar-refractivity contribution in [2.45, 2.75) is 20.8 Å². The van der Waals surface area contributed by atoms with Gasteiger partial charge < -0.3 is 5.43 Å². The zero-order chi connectivity index (χ0) is 12.4. The average molecular weight is 228 g/mol. The Kier molecular flexibility index (Phi) is 3.06. The summed E-state index contributed by atoms with van der Waals surface area (Å²) in [6.45, 7) is 6.06. The average Bonchev–Trinajstić information content (AvgIpc) is 2.28. The summed E-state index contributed by atoms with van der Waals surface area (Å²) >= 11 is 0. The summed E-state index contributed by atoms with van der Waals surface area (Å²) in [6, 6.07) is 8.03. The van der Waals surface area contributed by atoms with Crippen LogP contribution < -0.4 is 11.3 Å². The van der Waals surface area contributed by atoms with E-state index in [0.29, 0.717) is 11.6 Å². The van der Waals surface area contributed by atoms with Crippen LogP contribution >= 0.6 is 0 Å². The summed E-state index contributed by atoms with van der Waals surface area (Å²) in [5.41, 5.74) is 6.88. The number of benzene rings is 1. The quantitative estimate of drug-likeness (QED) is 0.611. The van der Waals surface area contributed by atoms with Gasteiger partial charge in [0.1, 0.15) is 5.82 Å². The van der Waals surface area contributed by atoms with Crippen molar-refractivity contribution in [3.05, 3.63) is 41.1 Å². The van der Waals surface area contributed by atoms with E-state index in [1.165, 1.54) is 11.1 Å². The first-order valence-electron chi connectivity index (χ1n) is 5.50. The Morgan fingerprint density at radius 2 is 1.82 bits per heavy atom. The van der Waals surface area contributed by atoms with Gasteiger partial charge in [0, 0.05) is 17.3 Å². The molecule has 2 aromatic rings. The third-order valence-electron chi connectivity index (χ3n) is 2.62. The number of nitrogens with one attached hydrogen (secondary N) is 1. The molecule has 17 heavy (non-hydrogen) atoms. The molecule has 0 fully saturated rings. The van der Waals surface area contributed by atoms with E-state index in [9.17, 15) is 0 Å². The fraction of sp³-hybridized carbons (Fsp3) is 0.231. The summed E-state index contributed by atoms with van der Waals surface area (Å²) < 4.78 is 0. The lowest BCUT2D eigenvalue weighted by Crippen LogP contribution is -2.10. The standard InChI is InChI=1S/C13H16N4/c1-8-4-5-11(9(2)6-8)13-15-10(3)7-12(16-13)17-14/h4-7H,14H2,1-3H3,(H,15,16,17). The van der Waals surface area contributed by atoms with Gasteiger partial charge in [-0.15, -0.1) is 0 Å². The van der Waals surface area contributed by atoms with Crippen molar-refractivity contribution in [3.63, 3.8) is 0 Å². The molecule has 0 aliphatic rings. The van der Waals surface area contributed by atoms with Crippen LogP contribution in [0, 0.1) is 20.8 Å². The van der Waals surface area contributed by atoms with Crippen LogP contribution in [0.25, 0.3) is 11.4 Å². The molecule has 4 nitrogen and oxygen atoms in total. The predicted molar refractivity (Wildman–Crippen MR) is 69.5 cm³/mol. The highest BCUT2D eigenvalue weighted by Crippen LogP contribution is 2.22. The Morgan fingerprint density at radius 1 is 1.06 bits per heavy atom. The van der Waals surface area contributed by atoms with Gasteiger partial charge in [0.25, 0.3) is 0 Å². The number of hydrogen-bond donors (Lipinski definition) is 2. The second kappa shape index (κ2) is 4.51. The summed E-state index contributed by atoms with van der Waals surface area (Å²) in [6.07, 6.45) is 0. The number of anilines is 1. The summed E-state index contributed by atoms with van der Waals surface area (Å²) in [5, 5.41) is 0. The lowest BCUT2D eigenvalue weighted by Gasteiger charge is -2.08. The Hall–Kier alpha value is -1.94. The smallest absolute Gasteiger partial charge is 0.162 e. The predicted octanol–water partition coefficient (Wildman–Crippen LogP) is 2.35. The molecule has 0 unspecified atom stereocenters. The van der Waals surface area contributed by atoms with Crippen molar-refractivity contribution < 1.29 is 0 Å². The molecule has 4 heteroatoms. The third kappa shape index (κ3) is 2.42. The molecule has 1 heterocycles. The second-order valence-electron chi connectivity index (χ2n) is 4.18. The van der Waals surface area contributed by atoms with Gasteiger partial charge in [0.2, 0.25) is 0 Å². The van der Waals surface area contributed by atoms with Gasteiger partial charge in [0.15, 0.2) is 5.82 Å². The molecule has 0 radical (unpaired) electrons. The third-order valence-corrected chi connectivity index (χ3v) is 2.62. The largest absolute Gasteiger partial charge is 0.308 e. The molecule has 0 bridgehead atoms. The minimum Gasteiger partial charge on any atom is -0.308 e. The summed E-state index contributed by atoms with van der Waals surface area (Å²) in [5.74, 6) is 6.72. The number of rotatable bonds is 2. The number of aromatic nitrogens is 2. The maximum atomic E-state index is 5.39. The fourth-order valence-corrected chi connectivity index (χ4v) is 1.83. The zero-order valence-corrected chi connectivity index (χ0v) is 10.3. The molecule has 1 aromatic heterocycles. The van der Waals surface area contributed by atoms with Crippen LogP contribution in [-0.2, 0) is 0 Å². The Morgan fingerprint density at radius 3 is 2.47 bits per heavy atom. The van der Waals surface area contributed by atoms with Crippen molar-refractivity contribution in [1.29, 1.82) is 0 Å². The molecule has 0 aliphatic heterocycles. The van der Waals surface area contributed by atoms with Crippen LogP contribution in [0.1, 0.15) is 16.8 Å². The number of nitrogens with zero attached hydrogens (tertiary/aromatic N) is 2. The molecule has 0 aliphatic carbocycles. The number of hydrogen-bond acceptors (Lipinski definition) is 4. The molecular formula is C13H16N4. The van der Waals surface area contributed by atoms with Crippen LogP contribution in [0.15, 0.2) is 24.3 Å². The van der Waals surface area contributed by atoms with E-state index in [1.807, 2.05) is 19.1 Å². The van der Waals surface area contributed by atoms with Gasteiger partial charge >= 0.3 is 0 Å². The van der Waals surface area contributed by atoms with Crippen molar-refractivity contribution in [3.8, 4) is 11.4 Å². The maximum absolute atomic E-state index is 5.39. The van der Waals surface area contributed by atoms with Gasteiger partial charge in [-0.25, -0.2) is 15.8 Å². The minimum atomic E-state index is 0.632. The van der Waals surface area contributed by atoms with Crippen molar-refractivity contribution in [1.82, 2.24) is 9.97 Å². The van der Waals surface area contributed by atoms with E-state index >= 15 is 0 Å². The van der Waals surface area contributed by atoms with E-state index < -0.39 is 0 Å². The monoisotopic (exact) mass is 228 g/mol. The first kappa shape index (κ1) is 11.5. The van der Waals surface area contributed by atoms with Crippen LogP contribution in [0.4, 0.5) is 5.82 Å². The number of hydrazine groups is 1. The van der Waals surface area contributed by atoms with E-state index in [0.717, 1.165) is 11.3 Å². The molecule has 0 saturated carbocycles. The Balaban J connectivity index is 2.55. The molecule has 2 rings (SSSR count). The zero-order valence-electron chi connectivity index (χ0n) is 10.3. The number of nitrogens with two attached hydrogens (primary N) is 1. The molecule has 3 N–H and O–H groups in total. The fourth-order valence-electron chi connectivity index (χ4n) is 1.83. The first-order valence-corrected chi connectivity index (χ1v) is 5.50. The van der Waals surface area contributed by atoms with Crippen LogP contribution in [0.2, 0.25) is 0 Å². The summed E-state index contributed by atoms with van der Waals surface area (Å²) in [4.78, 5) is 8.80. The molecule has 1 aromatic carbocycles. The lowest BCUT2D eigenvalue weighted by atomic mass is 10.1. The van der Waals surface area contributed by atoms with Gasteiger partial charge in [-0.1, -0.05) is 23.8 Å². The van der Waals surface area contributed by atoms with E-state index in [2.05, 4.69) is 41.4 Å². The van der Waals surface area contributed by atoms with E-state index in [4.69, 9.17) is 5.84 Å². The molecular weight excluding hydrogens is 212 g/mol. The lowest BCUT2D eigenvalue weighted by molar-refractivity contribution is 1.09. The van der Waals surface area contributed by atoms with Crippen molar-refractivity contribution in [2.75, 3.05) is 5.43 Å². The molecule has 0 atom stereocenters. The molecule has 88 valence electrons. The van der Waals surface area contributed by atoms with E-state index in [-0.39, 0.29) is 0 Å². The van der Waals surface area contributed by atoms with Gasteiger partial charge in [-0.2, -0.15) is 0 Å². The van der Waals surface area contributed by atoms with Gasteiger partial charge in [-0.05, 0) is 26.3 Å². The number of aryl methyl sites for hydroxylation is 3. The van der Waals surface area contributed by atoms with Crippen LogP contribution in [0.3, 0.4) is 0 Å². The Labute approximate surface area is 101 Å². The maximum Gasteiger partial charge on any atom is 0.162 e. The molecule has 0 spiro atoms. The Bertz CT molecular complexity index is 549. The van der Waals surface area contributed by atoms with Crippen molar-refractivity contribution in [2.24, 2.45) is 5.84 Å². The highest BCUT2D eigenvalue weighted by atomic mass is 15.3. The summed E-state index contributed by atoms with van der Waals surface area (Å²) in [7, 11) is 0. The molecule has 0 saturated heterocycles. The van der Waals surface area contributed by atoms with Gasteiger partial charge in [0.05, 0.1) is 0 Å². The number of nitrogen functional groups attached to an aromatic ring is 1. The minimum absolute atomic E-state index is 0.632. The van der Waals surface area contributed by atoms with Crippen molar-refractivity contribution >= 4 is 5.82 Å². The van der Waals surface area contributed by atoms with E-state index in [1.54, 1.807) is 0 Å². The molecule has 0 amide bonds. The topological polar surface area (TPSA) is 63.8 Å². The SMILES string of the molecule is Cc1ccc(-c2nc(C)cc(NN)n2)c(C)c1. The van der Waals surface area contributed by atoms with Crippen LogP contribution in [-0.4, -0.2) is 9.97 Å². The van der Waals surface area contributed by atoms with Gasteiger partial charge in [-0.3, -0.25) is 0 Å². The second-order valence-corrected chi connectivity index (χ2v) is 4.18. The van der Waals surface area contributed by atoms with Crippen LogP contribution in [0.5, 0.6) is 0 Å². The first-order chi connectivity index (χ1) is 8.10. The highest BCUT2D eigenvalue weighted by molar-refractivity contribution is 5.62.